The minimum atomic E-state index is -0.379. The highest BCUT2D eigenvalue weighted by Crippen LogP contribution is 2.22. The second-order valence-electron chi connectivity index (χ2n) is 9.17. The number of nitrogens with zero attached hydrogens (tertiary/aromatic N) is 4. The van der Waals surface area contributed by atoms with Crippen LogP contribution in [0.4, 0.5) is 10.1 Å². The van der Waals surface area contributed by atoms with Crippen molar-refractivity contribution in [2.75, 3.05) is 31.1 Å². The van der Waals surface area contributed by atoms with E-state index in [1.807, 2.05) is 29.2 Å². The van der Waals surface area contributed by atoms with Crippen LogP contribution in [0.2, 0.25) is 5.02 Å². The van der Waals surface area contributed by atoms with E-state index in [0.717, 1.165) is 5.56 Å². The maximum absolute atomic E-state index is 14.1. The molecule has 0 spiro atoms. The maximum atomic E-state index is 14.1. The molecule has 39 heavy (non-hydrogen) atoms. The lowest BCUT2D eigenvalue weighted by molar-refractivity contribution is -0.131. The average Bonchev–Trinajstić information content (AvgIpc) is 2.96. The van der Waals surface area contributed by atoms with Crippen LogP contribution in [0, 0.1) is 5.82 Å². The predicted molar refractivity (Wildman–Crippen MR) is 147 cm³/mol. The topological polar surface area (TPSA) is 91.4 Å². The number of amides is 1. The lowest BCUT2D eigenvalue weighted by Gasteiger charge is -2.36. The fraction of sp³-hybridized carbons (Fsp3) is 0.241. The number of hydrogen-bond donors (Lipinski definition) is 1. The van der Waals surface area contributed by atoms with Gasteiger partial charge in [0.05, 0.1) is 5.69 Å². The van der Waals surface area contributed by atoms with Crippen molar-refractivity contribution in [3.8, 4) is 17.1 Å². The van der Waals surface area contributed by atoms with Crippen LogP contribution in [0.25, 0.3) is 11.4 Å². The first kappa shape index (κ1) is 26.4. The lowest BCUT2D eigenvalue weighted by atomic mass is 10.2. The molecule has 200 valence electrons. The van der Waals surface area contributed by atoms with E-state index in [-0.39, 0.29) is 35.8 Å². The van der Waals surface area contributed by atoms with E-state index in [4.69, 9.17) is 16.3 Å². The molecule has 0 unspecified atom stereocenters. The number of ether oxygens (including phenoxy) is 1. The molecule has 1 aliphatic rings. The molecule has 1 amide bonds. The Bertz CT molecular complexity index is 1500. The van der Waals surface area contributed by atoms with Crippen molar-refractivity contribution < 1.29 is 13.9 Å². The number of halogens is 2. The third kappa shape index (κ3) is 6.43. The SMILES string of the molecule is O=C(CCc1nnc(-c2ccc(OCc3ccccc3Cl)cc2)[nH]c1=O)N1CCN(c2ccccc2F)CC1. The molecule has 0 saturated carbocycles. The van der Waals surface area contributed by atoms with Crippen LogP contribution in [0.3, 0.4) is 0 Å². The minimum Gasteiger partial charge on any atom is -0.489 e. The number of anilines is 1. The smallest absolute Gasteiger partial charge is 0.273 e. The number of H-pyrrole nitrogens is 1. The van der Waals surface area contributed by atoms with Gasteiger partial charge < -0.3 is 19.5 Å². The Balaban J connectivity index is 1.13. The second kappa shape index (κ2) is 12.1. The van der Waals surface area contributed by atoms with Crippen molar-refractivity contribution in [1.82, 2.24) is 20.1 Å². The highest BCUT2D eigenvalue weighted by molar-refractivity contribution is 6.31. The fourth-order valence-electron chi connectivity index (χ4n) is 4.43. The number of aromatic amines is 1. The maximum Gasteiger partial charge on any atom is 0.273 e. The molecule has 0 aliphatic carbocycles. The van der Waals surface area contributed by atoms with Gasteiger partial charge in [-0.1, -0.05) is 41.9 Å². The molecule has 1 aromatic heterocycles. The van der Waals surface area contributed by atoms with Crippen LogP contribution in [-0.2, 0) is 17.8 Å². The van der Waals surface area contributed by atoms with Crippen molar-refractivity contribution in [2.45, 2.75) is 19.4 Å². The van der Waals surface area contributed by atoms with Crippen LogP contribution in [0.5, 0.6) is 5.75 Å². The number of hydrogen-bond acceptors (Lipinski definition) is 6. The molecule has 10 heteroatoms. The van der Waals surface area contributed by atoms with Gasteiger partial charge in [0.25, 0.3) is 5.56 Å². The van der Waals surface area contributed by atoms with E-state index >= 15 is 0 Å². The van der Waals surface area contributed by atoms with Crippen LogP contribution in [-0.4, -0.2) is 52.2 Å². The second-order valence-corrected chi connectivity index (χ2v) is 9.58. The lowest BCUT2D eigenvalue weighted by Crippen LogP contribution is -2.49. The Morgan fingerprint density at radius 2 is 1.67 bits per heavy atom. The van der Waals surface area contributed by atoms with Crippen LogP contribution in [0.1, 0.15) is 17.7 Å². The summed E-state index contributed by atoms with van der Waals surface area (Å²) in [6, 6.07) is 21.2. The van der Waals surface area contributed by atoms with Crippen molar-refractivity contribution in [1.29, 1.82) is 0 Å². The van der Waals surface area contributed by atoms with E-state index in [1.165, 1.54) is 6.07 Å². The van der Waals surface area contributed by atoms with Gasteiger partial charge in [0, 0.05) is 55.2 Å². The van der Waals surface area contributed by atoms with E-state index in [0.29, 0.717) is 60.6 Å². The van der Waals surface area contributed by atoms with Gasteiger partial charge in [-0.15, -0.1) is 10.2 Å². The highest BCUT2D eigenvalue weighted by Gasteiger charge is 2.23. The van der Waals surface area contributed by atoms with Gasteiger partial charge >= 0.3 is 0 Å². The zero-order valence-corrected chi connectivity index (χ0v) is 21.9. The number of carbonyl (C=O) groups excluding carboxylic acids is 1. The van der Waals surface area contributed by atoms with E-state index in [1.54, 1.807) is 47.4 Å². The summed E-state index contributed by atoms with van der Waals surface area (Å²) in [5.74, 6) is 0.646. The van der Waals surface area contributed by atoms with Gasteiger partial charge in [-0.05, 0) is 42.5 Å². The third-order valence-corrected chi connectivity index (χ3v) is 7.01. The van der Waals surface area contributed by atoms with Crippen LogP contribution >= 0.6 is 11.6 Å². The monoisotopic (exact) mass is 547 g/mol. The average molecular weight is 548 g/mol. The number of nitrogens with one attached hydrogen (secondary N) is 1. The molecule has 0 radical (unpaired) electrons. The number of para-hydroxylation sites is 1. The number of carbonyl (C=O) groups is 1. The standard InChI is InChI=1S/C29H27ClFN5O3/c30-23-6-2-1-5-21(23)19-39-22-11-9-20(10-12-22)28-32-29(38)25(33-34-28)13-14-27(37)36-17-15-35(16-18-36)26-8-4-3-7-24(26)31/h1-12H,13-19H2,(H,32,34,38). The normalized spacial score (nSPS) is 13.4. The van der Waals surface area contributed by atoms with Gasteiger partial charge in [-0.3, -0.25) is 9.59 Å². The molecule has 4 aromatic rings. The Hall–Kier alpha value is -4.24. The van der Waals surface area contributed by atoms with Crippen LogP contribution < -0.4 is 15.2 Å². The van der Waals surface area contributed by atoms with Crippen molar-refractivity contribution in [2.24, 2.45) is 0 Å². The largest absolute Gasteiger partial charge is 0.489 e. The number of rotatable bonds is 8. The summed E-state index contributed by atoms with van der Waals surface area (Å²) >= 11 is 6.17. The van der Waals surface area contributed by atoms with Crippen molar-refractivity contribution >= 4 is 23.2 Å². The molecular formula is C29H27ClFN5O3. The van der Waals surface area contributed by atoms with Crippen molar-refractivity contribution in [3.05, 3.63) is 105 Å². The Kier molecular flexibility index (Phi) is 8.17. The van der Waals surface area contributed by atoms with Gasteiger partial charge in [-0.25, -0.2) is 4.39 Å². The van der Waals surface area contributed by atoms with E-state index in [9.17, 15) is 14.0 Å². The molecule has 5 rings (SSSR count). The quantitative estimate of drug-likeness (QED) is 0.350. The Labute approximate surface area is 230 Å². The zero-order chi connectivity index (χ0) is 27.2. The number of piperazine rings is 1. The van der Waals surface area contributed by atoms with E-state index < -0.39 is 0 Å². The highest BCUT2D eigenvalue weighted by atomic mass is 35.5. The molecule has 0 bridgehead atoms. The summed E-state index contributed by atoms with van der Waals surface area (Å²) in [4.78, 5) is 31.8. The summed E-state index contributed by atoms with van der Waals surface area (Å²) in [6.07, 6.45) is 0.331. The summed E-state index contributed by atoms with van der Waals surface area (Å²) in [5, 5.41) is 8.88. The predicted octanol–water partition coefficient (Wildman–Crippen LogP) is 4.48. The zero-order valence-electron chi connectivity index (χ0n) is 21.1. The van der Waals surface area contributed by atoms with Gasteiger partial charge in [-0.2, -0.15) is 0 Å². The first-order valence-electron chi connectivity index (χ1n) is 12.7. The fourth-order valence-corrected chi connectivity index (χ4v) is 4.62. The molecule has 2 heterocycles. The molecule has 1 fully saturated rings. The first-order chi connectivity index (χ1) is 19.0. The van der Waals surface area contributed by atoms with E-state index in [2.05, 4.69) is 15.2 Å². The summed E-state index contributed by atoms with van der Waals surface area (Å²) in [5.41, 5.74) is 1.94. The molecule has 1 saturated heterocycles. The number of aromatic nitrogens is 3. The summed E-state index contributed by atoms with van der Waals surface area (Å²) in [7, 11) is 0. The summed E-state index contributed by atoms with van der Waals surface area (Å²) < 4.78 is 19.9. The van der Waals surface area contributed by atoms with Crippen molar-refractivity contribution in [3.63, 3.8) is 0 Å². The molecular weight excluding hydrogens is 521 g/mol. The van der Waals surface area contributed by atoms with Crippen LogP contribution in [0.15, 0.2) is 77.6 Å². The van der Waals surface area contributed by atoms with Gasteiger partial charge in [0.1, 0.15) is 23.9 Å². The molecule has 3 aromatic carbocycles. The summed E-state index contributed by atoms with van der Waals surface area (Å²) in [6.45, 7) is 2.42. The molecule has 1 aliphatic heterocycles. The third-order valence-electron chi connectivity index (χ3n) is 6.65. The molecule has 0 atom stereocenters. The molecule has 1 N–H and O–H groups in total. The van der Waals surface area contributed by atoms with Gasteiger partial charge in [0.15, 0.2) is 5.82 Å². The first-order valence-corrected chi connectivity index (χ1v) is 13.1. The van der Waals surface area contributed by atoms with Gasteiger partial charge in [0.2, 0.25) is 5.91 Å². The Morgan fingerprint density at radius 3 is 2.38 bits per heavy atom. The Morgan fingerprint density at radius 1 is 0.949 bits per heavy atom. The number of aryl methyl sites for hydroxylation is 1. The number of benzene rings is 3. The molecule has 8 nitrogen and oxygen atoms in total. The minimum absolute atomic E-state index is 0.0687.